The molecule has 6 nitrogen and oxygen atoms in total. The maximum atomic E-state index is 15.6. The Kier molecular flexibility index (Phi) is 6.96. The average molecular weight is 472 g/mol. The molecule has 180 valence electrons. The van der Waals surface area contributed by atoms with E-state index in [2.05, 4.69) is 59.5 Å². The maximum Gasteiger partial charge on any atom is 0.252 e. The molecule has 2 N–H and O–H groups in total. The van der Waals surface area contributed by atoms with Gasteiger partial charge in [0.15, 0.2) is 14.1 Å². The molecule has 0 aromatic carbocycles. The van der Waals surface area contributed by atoms with Crippen LogP contribution in [0.4, 0.5) is 25.1 Å². The normalized spacial score (nSPS) is 22.2. The Labute approximate surface area is 190 Å². The second-order valence-electron chi connectivity index (χ2n) is 10.8. The lowest BCUT2D eigenvalue weighted by Gasteiger charge is -2.40. The first kappa shape index (κ1) is 24.9. The fourth-order valence-corrected chi connectivity index (χ4v) is 4.90. The van der Waals surface area contributed by atoms with Crippen LogP contribution in [-0.4, -0.2) is 47.4 Å². The van der Waals surface area contributed by atoms with Crippen LogP contribution >= 0.6 is 0 Å². The third-order valence-corrected chi connectivity index (χ3v) is 10.9. The van der Waals surface area contributed by atoms with Gasteiger partial charge in [-0.3, -0.25) is 0 Å². The Morgan fingerprint density at radius 2 is 1.72 bits per heavy atom. The van der Waals surface area contributed by atoms with Crippen LogP contribution < -0.4 is 10.6 Å². The van der Waals surface area contributed by atoms with Gasteiger partial charge in [0.2, 0.25) is 11.9 Å². The molecule has 1 unspecified atom stereocenters. The summed E-state index contributed by atoms with van der Waals surface area (Å²) in [7, 11) is -2.16. The molecule has 1 aromatic rings. The molecule has 32 heavy (non-hydrogen) atoms. The zero-order chi connectivity index (χ0) is 23.9. The summed E-state index contributed by atoms with van der Waals surface area (Å²) < 4.78 is 48.5. The zero-order valence-corrected chi connectivity index (χ0v) is 21.2. The first-order valence-corrected chi connectivity index (χ1v) is 14.3. The quantitative estimate of drug-likeness (QED) is 0.464. The van der Waals surface area contributed by atoms with Crippen molar-refractivity contribution in [3.63, 3.8) is 0 Å². The van der Waals surface area contributed by atoms with E-state index in [0.717, 1.165) is 6.42 Å². The van der Waals surface area contributed by atoms with Crippen molar-refractivity contribution in [3.05, 3.63) is 11.7 Å². The van der Waals surface area contributed by atoms with Gasteiger partial charge in [-0.1, -0.05) is 20.8 Å². The van der Waals surface area contributed by atoms with Crippen LogP contribution in [0.15, 0.2) is 5.83 Å². The summed E-state index contributed by atoms with van der Waals surface area (Å²) in [4.78, 5) is 13.2. The maximum absolute atomic E-state index is 15.6. The van der Waals surface area contributed by atoms with Crippen LogP contribution in [0.1, 0.15) is 72.5 Å². The number of nitrogens with zero attached hydrogens (tertiary/aromatic N) is 3. The molecule has 0 spiro atoms. The van der Waals surface area contributed by atoms with Gasteiger partial charge in [0.25, 0.3) is 5.92 Å². The van der Waals surface area contributed by atoms with E-state index in [9.17, 15) is 8.78 Å². The minimum atomic E-state index is -2.65. The van der Waals surface area contributed by atoms with Gasteiger partial charge >= 0.3 is 0 Å². The van der Waals surface area contributed by atoms with E-state index >= 15 is 4.39 Å². The molecule has 10 heteroatoms. The summed E-state index contributed by atoms with van der Waals surface area (Å²) in [6.45, 7) is 14.5. The van der Waals surface area contributed by atoms with Crippen LogP contribution in [0.25, 0.3) is 5.57 Å². The summed E-state index contributed by atoms with van der Waals surface area (Å²) in [6, 6.07) is -0.363. The van der Waals surface area contributed by atoms with Crippen molar-refractivity contribution in [2.75, 3.05) is 10.6 Å². The van der Waals surface area contributed by atoms with Gasteiger partial charge in [-0.2, -0.15) is 15.0 Å². The summed E-state index contributed by atoms with van der Waals surface area (Å²) in [5.41, 5.74) is 0.413. The first-order chi connectivity index (χ1) is 14.7. The predicted molar refractivity (Wildman–Crippen MR) is 124 cm³/mol. The summed E-state index contributed by atoms with van der Waals surface area (Å²) >= 11 is 0. The van der Waals surface area contributed by atoms with E-state index in [1.165, 1.54) is 0 Å². The molecule has 1 saturated carbocycles. The highest BCUT2D eigenvalue weighted by atomic mass is 28.4. The minimum absolute atomic E-state index is 0.0334. The van der Waals surface area contributed by atoms with Crippen LogP contribution in [-0.2, 0) is 4.43 Å². The van der Waals surface area contributed by atoms with Gasteiger partial charge in [0, 0.05) is 30.5 Å². The summed E-state index contributed by atoms with van der Waals surface area (Å²) in [5, 5.41) is 6.04. The molecular formula is C22H36F3N5OSi. The van der Waals surface area contributed by atoms with Gasteiger partial charge in [0.1, 0.15) is 5.83 Å². The van der Waals surface area contributed by atoms with Crippen LogP contribution in [0.2, 0.25) is 18.1 Å². The number of rotatable bonds is 7. The third-order valence-electron chi connectivity index (χ3n) is 6.45. The number of halogens is 3. The molecule has 0 aliphatic heterocycles. The molecule has 0 radical (unpaired) electrons. The summed E-state index contributed by atoms with van der Waals surface area (Å²) in [6.07, 6.45) is 0.737. The second-order valence-corrected chi connectivity index (χ2v) is 15.6. The van der Waals surface area contributed by atoms with Crippen molar-refractivity contribution in [3.8, 4) is 0 Å². The molecule has 1 aromatic heterocycles. The largest absolute Gasteiger partial charge is 0.408 e. The molecule has 2 aliphatic rings. The van der Waals surface area contributed by atoms with Crippen molar-refractivity contribution in [1.82, 2.24) is 15.0 Å². The number of hydrogen-bond donors (Lipinski definition) is 2. The summed E-state index contributed by atoms with van der Waals surface area (Å²) in [5.74, 6) is -2.27. The number of aromatic nitrogens is 3. The molecular weight excluding hydrogens is 435 g/mol. The van der Waals surface area contributed by atoms with E-state index in [1.807, 2.05) is 13.8 Å². The number of anilines is 2. The Morgan fingerprint density at radius 1 is 1.09 bits per heavy atom. The van der Waals surface area contributed by atoms with Crippen LogP contribution in [0, 0.1) is 0 Å². The number of hydrogen-bond acceptors (Lipinski definition) is 6. The Morgan fingerprint density at radius 3 is 2.28 bits per heavy atom. The Bertz CT molecular complexity index is 862. The zero-order valence-electron chi connectivity index (χ0n) is 20.2. The molecule has 0 bridgehead atoms. The minimum Gasteiger partial charge on any atom is -0.408 e. The molecule has 2 aliphatic carbocycles. The first-order valence-electron chi connectivity index (χ1n) is 11.4. The average Bonchev–Trinajstić information content (AvgIpc) is 2.60. The monoisotopic (exact) mass is 471 g/mol. The lowest BCUT2D eigenvalue weighted by atomic mass is 9.88. The van der Waals surface area contributed by atoms with Crippen molar-refractivity contribution >= 4 is 25.8 Å². The fraction of sp³-hybridized carbons (Fsp3) is 0.773. The van der Waals surface area contributed by atoms with Gasteiger partial charge < -0.3 is 15.1 Å². The number of nitrogens with one attached hydrogen (secondary N) is 2. The van der Waals surface area contributed by atoms with E-state index in [0.29, 0.717) is 24.4 Å². The topological polar surface area (TPSA) is 72.0 Å². The Balaban J connectivity index is 1.90. The Hall–Kier alpha value is -1.68. The lowest BCUT2D eigenvalue weighted by molar-refractivity contribution is -0.0794. The highest BCUT2D eigenvalue weighted by Gasteiger charge is 2.46. The van der Waals surface area contributed by atoms with Gasteiger partial charge in [-0.05, 0) is 51.2 Å². The van der Waals surface area contributed by atoms with E-state index in [-0.39, 0.29) is 41.5 Å². The molecule has 3 rings (SSSR count). The van der Waals surface area contributed by atoms with Gasteiger partial charge in [0.05, 0.1) is 6.10 Å². The SMILES string of the molecule is CC(C)Nc1nc(NC2CC(F)(F)C2)nc(C2=C(F)C(O[Si](C)(C)C(C)(C)C)CCC2)n1. The van der Waals surface area contributed by atoms with Crippen LogP contribution in [0.5, 0.6) is 0 Å². The van der Waals surface area contributed by atoms with Gasteiger partial charge in [-0.15, -0.1) is 0 Å². The van der Waals surface area contributed by atoms with Crippen molar-refractivity contribution in [2.24, 2.45) is 0 Å². The number of alkyl halides is 2. The molecule has 1 atom stereocenters. The van der Waals surface area contributed by atoms with Crippen molar-refractivity contribution in [1.29, 1.82) is 0 Å². The van der Waals surface area contributed by atoms with Crippen molar-refractivity contribution in [2.45, 2.75) is 109 Å². The second kappa shape index (κ2) is 8.93. The smallest absolute Gasteiger partial charge is 0.252 e. The molecule has 0 amide bonds. The van der Waals surface area contributed by atoms with Gasteiger partial charge in [-0.25, -0.2) is 13.2 Å². The molecule has 0 saturated heterocycles. The highest BCUT2D eigenvalue weighted by molar-refractivity contribution is 6.74. The predicted octanol–water partition coefficient (Wildman–Crippen LogP) is 6.16. The van der Waals surface area contributed by atoms with E-state index in [1.54, 1.807) is 0 Å². The lowest BCUT2D eigenvalue weighted by Crippen LogP contribution is -2.45. The third kappa shape index (κ3) is 5.81. The standard InChI is InChI=1S/C22H36F3N5OSi/c1-13(2)26-19-28-18(29-20(30-19)27-14-11-22(24,25)12-14)15-9-8-10-16(17(15)23)31-32(6,7)21(3,4)5/h13-14,16H,8-12H2,1-7H3,(H2,26,27,28,29,30). The molecule has 1 fully saturated rings. The molecule has 1 heterocycles. The van der Waals surface area contributed by atoms with E-state index in [4.69, 9.17) is 4.43 Å². The number of allylic oxidation sites excluding steroid dienone is 1. The van der Waals surface area contributed by atoms with Crippen molar-refractivity contribution < 1.29 is 17.6 Å². The van der Waals surface area contributed by atoms with E-state index < -0.39 is 26.4 Å². The fourth-order valence-electron chi connectivity index (χ4n) is 3.61. The highest BCUT2D eigenvalue weighted by Crippen LogP contribution is 2.42. The van der Waals surface area contributed by atoms with Crippen LogP contribution in [0.3, 0.4) is 0 Å².